The fraction of sp³-hybridized carbons (Fsp3) is 0.455. The van der Waals surface area contributed by atoms with E-state index in [1.807, 2.05) is 19.2 Å². The number of carbonyl (C=O) groups excluding carboxylic acids is 2. The minimum atomic E-state index is -0.538. The summed E-state index contributed by atoms with van der Waals surface area (Å²) in [5.74, 6) is -0.263. The van der Waals surface area contributed by atoms with Gasteiger partial charge in [0.25, 0.3) is 5.91 Å². The van der Waals surface area contributed by atoms with E-state index in [0.29, 0.717) is 54.0 Å². The van der Waals surface area contributed by atoms with Gasteiger partial charge in [-0.1, -0.05) is 23.7 Å². The van der Waals surface area contributed by atoms with Gasteiger partial charge in [-0.3, -0.25) is 9.59 Å². The molecule has 2 aliphatic rings. The van der Waals surface area contributed by atoms with E-state index in [2.05, 4.69) is 20.6 Å². The largest absolute Gasteiger partial charge is 0.381 e. The fourth-order valence-electron chi connectivity index (χ4n) is 4.25. The zero-order valence-corrected chi connectivity index (χ0v) is 18.7. The van der Waals surface area contributed by atoms with Gasteiger partial charge in [0.05, 0.1) is 23.0 Å². The maximum Gasteiger partial charge on any atom is 0.255 e. The lowest BCUT2D eigenvalue weighted by atomic mass is 9.98. The van der Waals surface area contributed by atoms with E-state index in [1.165, 1.54) is 4.90 Å². The summed E-state index contributed by atoms with van der Waals surface area (Å²) in [5, 5.41) is 6.84. The Bertz CT molecular complexity index is 1010. The maximum atomic E-state index is 13.1. The molecule has 1 atom stereocenters. The highest BCUT2D eigenvalue weighted by Gasteiger charge is 2.37. The lowest BCUT2D eigenvalue weighted by molar-refractivity contribution is -0.119. The molecule has 0 radical (unpaired) electrons. The van der Waals surface area contributed by atoms with Gasteiger partial charge in [0.15, 0.2) is 0 Å². The molecule has 1 unspecified atom stereocenters. The normalized spacial score (nSPS) is 18.6. The molecule has 1 saturated heterocycles. The minimum Gasteiger partial charge on any atom is -0.381 e. The van der Waals surface area contributed by atoms with E-state index in [4.69, 9.17) is 22.1 Å². The van der Waals surface area contributed by atoms with Crippen molar-refractivity contribution in [3.8, 4) is 11.3 Å². The van der Waals surface area contributed by atoms with Crippen molar-refractivity contribution in [2.75, 3.05) is 38.7 Å². The molecule has 0 saturated carbocycles. The summed E-state index contributed by atoms with van der Waals surface area (Å²) in [7, 11) is 1.85. The van der Waals surface area contributed by atoms with Crippen molar-refractivity contribution in [1.82, 2.24) is 20.2 Å². The van der Waals surface area contributed by atoms with Gasteiger partial charge in [-0.2, -0.15) is 0 Å². The molecule has 0 aliphatic carbocycles. The Hall–Kier alpha value is -2.75. The van der Waals surface area contributed by atoms with Crippen LogP contribution in [-0.4, -0.2) is 66.1 Å². The van der Waals surface area contributed by atoms with E-state index < -0.39 is 5.91 Å². The number of ether oxygens (including phenoxy) is 1. The van der Waals surface area contributed by atoms with Crippen molar-refractivity contribution in [2.45, 2.75) is 31.3 Å². The second kappa shape index (κ2) is 9.81. The zero-order valence-electron chi connectivity index (χ0n) is 17.9. The number of benzene rings is 1. The van der Waals surface area contributed by atoms with Crippen LogP contribution in [-0.2, 0) is 9.53 Å². The van der Waals surface area contributed by atoms with E-state index in [9.17, 15) is 9.59 Å². The first-order chi connectivity index (χ1) is 15.5. The number of aromatic nitrogens is 2. The number of nitrogens with two attached hydrogens (primary N) is 1. The Kier molecular flexibility index (Phi) is 6.88. The number of rotatable bonds is 8. The molecule has 1 aromatic heterocycles. The highest BCUT2D eigenvalue weighted by Crippen LogP contribution is 2.38. The first kappa shape index (κ1) is 22.4. The SMILES string of the molecule is CNCCC1c2ccc(-c3nc(NC4CCOCC4)ncc3Cl)cc2C(=O)N1CC(N)=O. The van der Waals surface area contributed by atoms with Crippen LogP contribution in [0.4, 0.5) is 5.95 Å². The Morgan fingerprint density at radius 2 is 2.12 bits per heavy atom. The molecule has 4 rings (SSSR count). The van der Waals surface area contributed by atoms with Crippen molar-refractivity contribution >= 4 is 29.4 Å². The monoisotopic (exact) mass is 458 g/mol. The third kappa shape index (κ3) is 4.69. The number of anilines is 1. The van der Waals surface area contributed by atoms with Crippen LogP contribution in [0.5, 0.6) is 0 Å². The van der Waals surface area contributed by atoms with E-state index in [-0.39, 0.29) is 24.5 Å². The van der Waals surface area contributed by atoms with Crippen LogP contribution in [0.25, 0.3) is 11.3 Å². The van der Waals surface area contributed by atoms with Gasteiger partial charge in [0.2, 0.25) is 11.9 Å². The first-order valence-electron chi connectivity index (χ1n) is 10.7. The molecule has 4 N–H and O–H groups in total. The molecule has 32 heavy (non-hydrogen) atoms. The number of carbonyl (C=O) groups is 2. The lowest BCUT2D eigenvalue weighted by Crippen LogP contribution is -2.37. The van der Waals surface area contributed by atoms with Crippen LogP contribution < -0.4 is 16.4 Å². The Labute approximate surface area is 191 Å². The number of primary amides is 1. The van der Waals surface area contributed by atoms with Gasteiger partial charge < -0.3 is 26.0 Å². The smallest absolute Gasteiger partial charge is 0.255 e. The summed E-state index contributed by atoms with van der Waals surface area (Å²) in [5.41, 5.74) is 8.08. The highest BCUT2D eigenvalue weighted by molar-refractivity contribution is 6.33. The lowest BCUT2D eigenvalue weighted by Gasteiger charge is -2.24. The maximum absolute atomic E-state index is 13.1. The molecule has 1 aromatic carbocycles. The van der Waals surface area contributed by atoms with Gasteiger partial charge in [-0.05, 0) is 44.5 Å². The number of halogens is 1. The van der Waals surface area contributed by atoms with Crippen LogP contribution in [0.3, 0.4) is 0 Å². The summed E-state index contributed by atoms with van der Waals surface area (Å²) < 4.78 is 5.40. The molecule has 0 bridgehead atoms. The fourth-order valence-corrected chi connectivity index (χ4v) is 4.45. The summed E-state index contributed by atoms with van der Waals surface area (Å²) in [6.45, 7) is 2.00. The quantitative estimate of drug-likeness (QED) is 0.552. The summed E-state index contributed by atoms with van der Waals surface area (Å²) >= 11 is 6.42. The second-order valence-electron chi connectivity index (χ2n) is 8.03. The van der Waals surface area contributed by atoms with E-state index in [1.54, 1.807) is 12.3 Å². The average molecular weight is 459 g/mol. The predicted molar refractivity (Wildman–Crippen MR) is 121 cm³/mol. The number of nitrogens with zero attached hydrogens (tertiary/aromatic N) is 3. The average Bonchev–Trinajstić information content (AvgIpc) is 3.04. The third-order valence-electron chi connectivity index (χ3n) is 5.85. The van der Waals surface area contributed by atoms with Crippen molar-refractivity contribution in [3.63, 3.8) is 0 Å². The van der Waals surface area contributed by atoms with Crippen LogP contribution in [0.2, 0.25) is 5.02 Å². The van der Waals surface area contributed by atoms with Gasteiger partial charge in [-0.25, -0.2) is 9.97 Å². The van der Waals surface area contributed by atoms with Gasteiger partial charge in [0, 0.05) is 30.4 Å². The predicted octanol–water partition coefficient (Wildman–Crippen LogP) is 1.98. The molecule has 170 valence electrons. The minimum absolute atomic E-state index is 0.120. The van der Waals surface area contributed by atoms with Crippen LogP contribution in [0.15, 0.2) is 24.4 Å². The molecule has 2 aliphatic heterocycles. The Balaban J connectivity index is 1.64. The van der Waals surface area contributed by atoms with Gasteiger partial charge in [-0.15, -0.1) is 0 Å². The Morgan fingerprint density at radius 3 is 2.84 bits per heavy atom. The molecular formula is C22H27ClN6O3. The molecule has 3 heterocycles. The first-order valence-corrected chi connectivity index (χ1v) is 11.1. The molecule has 2 amide bonds. The van der Waals surface area contributed by atoms with E-state index >= 15 is 0 Å². The van der Waals surface area contributed by atoms with Gasteiger partial charge >= 0.3 is 0 Å². The Morgan fingerprint density at radius 1 is 1.34 bits per heavy atom. The molecule has 0 spiro atoms. The number of hydrogen-bond acceptors (Lipinski definition) is 7. The molecule has 1 fully saturated rings. The number of hydrogen-bond donors (Lipinski definition) is 3. The molecular weight excluding hydrogens is 432 g/mol. The van der Waals surface area contributed by atoms with Crippen molar-refractivity contribution in [3.05, 3.63) is 40.5 Å². The highest BCUT2D eigenvalue weighted by atomic mass is 35.5. The van der Waals surface area contributed by atoms with Crippen LogP contribution in [0.1, 0.15) is 41.2 Å². The molecule has 10 heteroatoms. The third-order valence-corrected chi connectivity index (χ3v) is 6.12. The topological polar surface area (TPSA) is 122 Å². The zero-order chi connectivity index (χ0) is 22.7. The standard InChI is InChI=1S/C22H27ClN6O3/c1-25-7-4-18-15-3-2-13(10-16(15)21(31)29(18)12-19(24)30)20-17(23)11-26-22(28-20)27-14-5-8-32-9-6-14/h2-3,10-11,14,18,25H,4-9,12H2,1H3,(H2,24,30)(H,26,27,28). The van der Waals surface area contributed by atoms with Crippen molar-refractivity contribution < 1.29 is 14.3 Å². The summed E-state index contributed by atoms with van der Waals surface area (Å²) in [6, 6.07) is 5.64. The number of fused-ring (bicyclic) bond motifs is 1. The molecule has 2 aromatic rings. The van der Waals surface area contributed by atoms with Crippen LogP contribution in [0, 0.1) is 0 Å². The number of amides is 2. The van der Waals surface area contributed by atoms with Crippen LogP contribution >= 0.6 is 11.6 Å². The van der Waals surface area contributed by atoms with Crippen molar-refractivity contribution in [1.29, 1.82) is 0 Å². The van der Waals surface area contributed by atoms with Crippen molar-refractivity contribution in [2.24, 2.45) is 5.73 Å². The second-order valence-corrected chi connectivity index (χ2v) is 8.44. The number of nitrogens with one attached hydrogen (secondary N) is 2. The summed E-state index contributed by atoms with van der Waals surface area (Å²) in [6.07, 6.45) is 4.02. The summed E-state index contributed by atoms with van der Waals surface area (Å²) in [4.78, 5) is 35.1. The molecule has 9 nitrogen and oxygen atoms in total. The van der Waals surface area contributed by atoms with E-state index in [0.717, 1.165) is 18.4 Å². The van der Waals surface area contributed by atoms with Gasteiger partial charge in [0.1, 0.15) is 6.54 Å².